The van der Waals surface area contributed by atoms with E-state index >= 15 is 0 Å². The number of para-hydroxylation sites is 2. The minimum absolute atomic E-state index is 0.612. The monoisotopic (exact) mass is 191 g/mol. The van der Waals surface area contributed by atoms with E-state index in [1.165, 1.54) is 17.2 Å². The lowest BCUT2D eigenvalue weighted by molar-refractivity contribution is -0.688. The van der Waals surface area contributed by atoms with E-state index < -0.39 is 0 Å². The predicted molar refractivity (Wildman–Crippen MR) is 49.1 cm³/mol. The zero-order valence-electron chi connectivity index (χ0n) is 7.62. The first-order valence-corrected chi connectivity index (χ1v) is 4.10. The molecular weight excluding hydrogens is 182 g/mol. The molecule has 2 aromatic rings. The van der Waals surface area contributed by atoms with Crippen molar-refractivity contribution in [2.24, 2.45) is 0 Å². The van der Waals surface area contributed by atoms with Crippen LogP contribution in [-0.4, -0.2) is 17.0 Å². The van der Waals surface area contributed by atoms with Crippen molar-refractivity contribution >= 4 is 0 Å². The fraction of sp³-hybridized carbons (Fsp3) is 0.111. The van der Waals surface area contributed by atoms with Crippen LogP contribution in [0.2, 0.25) is 0 Å². The maximum Gasteiger partial charge on any atom is 0.207 e. The summed E-state index contributed by atoms with van der Waals surface area (Å²) in [5.74, 6) is 0.612. The van der Waals surface area contributed by atoms with Gasteiger partial charge in [-0.15, -0.1) is 0 Å². The van der Waals surface area contributed by atoms with Crippen LogP contribution in [-0.2, 0) is 0 Å². The fourth-order valence-corrected chi connectivity index (χ4v) is 1.23. The maximum atomic E-state index is 11.2. The Morgan fingerprint density at radius 3 is 2.86 bits per heavy atom. The fourth-order valence-electron chi connectivity index (χ4n) is 1.23. The summed E-state index contributed by atoms with van der Waals surface area (Å²) in [6.45, 7) is 0. The van der Waals surface area contributed by atoms with E-state index in [0.717, 1.165) is 0 Å². The van der Waals surface area contributed by atoms with Gasteiger partial charge in [-0.05, 0) is 16.9 Å². The Morgan fingerprint density at radius 2 is 2.21 bits per heavy atom. The number of aromatic nitrogens is 3. The molecule has 0 amide bonds. The van der Waals surface area contributed by atoms with Crippen molar-refractivity contribution in [3.05, 3.63) is 41.9 Å². The van der Waals surface area contributed by atoms with Crippen LogP contribution in [0.5, 0.6) is 5.75 Å². The van der Waals surface area contributed by atoms with E-state index in [2.05, 4.69) is 5.10 Å². The van der Waals surface area contributed by atoms with E-state index in [4.69, 9.17) is 4.74 Å². The van der Waals surface area contributed by atoms with Gasteiger partial charge < -0.3 is 9.94 Å². The topological polar surface area (TPSA) is 54.0 Å². The highest BCUT2D eigenvalue weighted by Gasteiger charge is 2.11. The highest BCUT2D eigenvalue weighted by Crippen LogP contribution is 2.19. The van der Waals surface area contributed by atoms with E-state index in [-0.39, 0.29) is 0 Å². The maximum absolute atomic E-state index is 11.2. The van der Waals surface area contributed by atoms with Gasteiger partial charge in [0, 0.05) is 5.10 Å². The van der Waals surface area contributed by atoms with Crippen LogP contribution in [0.15, 0.2) is 36.7 Å². The lowest BCUT2D eigenvalue weighted by Crippen LogP contribution is -2.36. The summed E-state index contributed by atoms with van der Waals surface area (Å²) in [4.78, 5) is 1.86. The second-order valence-electron chi connectivity index (χ2n) is 2.68. The molecule has 0 bridgehead atoms. The van der Waals surface area contributed by atoms with Crippen molar-refractivity contribution in [2.45, 2.75) is 0 Å². The molecule has 0 atom stereocenters. The summed E-state index contributed by atoms with van der Waals surface area (Å²) in [7, 11) is 1.55. The summed E-state index contributed by atoms with van der Waals surface area (Å²) in [5.41, 5.74) is 0.620. The number of rotatable bonds is 2. The first-order valence-electron chi connectivity index (χ1n) is 4.10. The molecule has 0 aliphatic heterocycles. The quantitative estimate of drug-likeness (QED) is 0.513. The average molecular weight is 191 g/mol. The highest BCUT2D eigenvalue weighted by molar-refractivity contribution is 5.44. The number of benzene rings is 1. The third-order valence-corrected chi connectivity index (χ3v) is 1.86. The molecule has 5 nitrogen and oxygen atoms in total. The predicted octanol–water partition coefficient (Wildman–Crippen LogP) is 0.514. The van der Waals surface area contributed by atoms with E-state index in [9.17, 15) is 5.21 Å². The summed E-state index contributed by atoms with van der Waals surface area (Å²) < 4.78 is 5.11. The number of hydrogen-bond acceptors (Lipinski definition) is 3. The molecule has 0 radical (unpaired) electrons. The van der Waals surface area contributed by atoms with Crippen molar-refractivity contribution in [1.29, 1.82) is 0 Å². The zero-order chi connectivity index (χ0) is 9.97. The molecule has 0 aliphatic rings. The Labute approximate surface area is 80.7 Å². The van der Waals surface area contributed by atoms with Crippen LogP contribution in [0.4, 0.5) is 0 Å². The van der Waals surface area contributed by atoms with Gasteiger partial charge in [-0.2, -0.15) is 4.85 Å². The van der Waals surface area contributed by atoms with Crippen molar-refractivity contribution < 1.29 is 9.58 Å². The molecule has 1 aromatic heterocycles. The summed E-state index contributed by atoms with van der Waals surface area (Å²) >= 11 is 0. The molecule has 2 rings (SSSR count). The summed E-state index contributed by atoms with van der Waals surface area (Å²) in [5, 5.41) is 15.1. The van der Waals surface area contributed by atoms with Crippen molar-refractivity contribution in [3.63, 3.8) is 0 Å². The lowest BCUT2D eigenvalue weighted by Gasteiger charge is -2.06. The Balaban J connectivity index is 2.56. The molecule has 0 spiro atoms. The molecule has 1 aromatic carbocycles. The number of hydrogen-bond donors (Lipinski definition) is 0. The van der Waals surface area contributed by atoms with Crippen LogP contribution in [0, 0.1) is 5.21 Å². The number of nitrogens with zero attached hydrogens (tertiary/aromatic N) is 3. The van der Waals surface area contributed by atoms with Crippen LogP contribution < -0.4 is 9.58 Å². The highest BCUT2D eigenvalue weighted by atomic mass is 16.5. The molecule has 1 heterocycles. The SMILES string of the molecule is COc1ccccc1-n1ncc[n+]1[O-]. The minimum atomic E-state index is 0.612. The lowest BCUT2D eigenvalue weighted by atomic mass is 10.3. The largest absolute Gasteiger partial charge is 0.692 e. The van der Waals surface area contributed by atoms with Gasteiger partial charge in [0.15, 0.2) is 11.9 Å². The molecule has 14 heavy (non-hydrogen) atoms. The Bertz CT molecular complexity index is 439. The third kappa shape index (κ3) is 1.28. The van der Waals surface area contributed by atoms with Crippen molar-refractivity contribution in [3.8, 4) is 11.4 Å². The van der Waals surface area contributed by atoms with Gasteiger partial charge in [0.2, 0.25) is 6.20 Å². The van der Waals surface area contributed by atoms with Gasteiger partial charge in [-0.1, -0.05) is 12.1 Å². The van der Waals surface area contributed by atoms with Crippen LogP contribution in [0.25, 0.3) is 5.69 Å². The molecule has 0 unspecified atom stereocenters. The van der Waals surface area contributed by atoms with E-state index in [1.54, 1.807) is 19.2 Å². The average Bonchev–Trinajstić information content (AvgIpc) is 2.64. The van der Waals surface area contributed by atoms with Crippen LogP contribution >= 0.6 is 0 Å². The number of methoxy groups -OCH3 is 1. The molecular formula is C9H9N3O2. The Hall–Kier alpha value is -2.04. The normalized spacial score (nSPS) is 10.1. The van der Waals surface area contributed by atoms with Gasteiger partial charge in [-0.3, -0.25) is 0 Å². The third-order valence-electron chi connectivity index (χ3n) is 1.86. The van der Waals surface area contributed by atoms with Gasteiger partial charge in [-0.25, -0.2) is 0 Å². The van der Waals surface area contributed by atoms with Crippen molar-refractivity contribution in [2.75, 3.05) is 7.11 Å². The first kappa shape index (κ1) is 8.55. The summed E-state index contributed by atoms with van der Waals surface area (Å²) in [6.07, 6.45) is 2.76. The molecule has 0 saturated carbocycles. The summed E-state index contributed by atoms with van der Waals surface area (Å²) in [6, 6.07) is 7.19. The zero-order valence-corrected chi connectivity index (χ0v) is 7.62. The van der Waals surface area contributed by atoms with Gasteiger partial charge >= 0.3 is 0 Å². The number of ether oxygens (including phenoxy) is 1. The van der Waals surface area contributed by atoms with Crippen molar-refractivity contribution in [1.82, 2.24) is 9.90 Å². The van der Waals surface area contributed by atoms with Gasteiger partial charge in [0.1, 0.15) is 5.75 Å². The van der Waals surface area contributed by atoms with Crippen LogP contribution in [0.1, 0.15) is 0 Å². The van der Waals surface area contributed by atoms with Gasteiger partial charge in [0.25, 0.3) is 0 Å². The molecule has 72 valence electrons. The molecule has 0 aliphatic carbocycles. The second kappa shape index (κ2) is 3.37. The van der Waals surface area contributed by atoms with Crippen LogP contribution in [0.3, 0.4) is 0 Å². The minimum Gasteiger partial charge on any atom is -0.692 e. The Kier molecular flexibility index (Phi) is 2.06. The van der Waals surface area contributed by atoms with Gasteiger partial charge in [0.05, 0.1) is 7.11 Å². The molecule has 5 heteroatoms. The van der Waals surface area contributed by atoms with E-state index in [1.807, 2.05) is 12.1 Å². The molecule has 0 fully saturated rings. The second-order valence-corrected chi connectivity index (χ2v) is 2.68. The molecule has 0 saturated heterocycles. The first-order chi connectivity index (χ1) is 6.83. The smallest absolute Gasteiger partial charge is 0.207 e. The molecule has 0 N–H and O–H groups in total. The Morgan fingerprint density at radius 1 is 1.43 bits per heavy atom. The van der Waals surface area contributed by atoms with E-state index in [0.29, 0.717) is 16.3 Å². The standard InChI is InChI=1S/C9H9N3O2/c1-14-9-5-3-2-4-8(9)12-10-6-7-11(12)13/h2-7H,1H3.